The molecule has 0 aliphatic heterocycles. The summed E-state index contributed by atoms with van der Waals surface area (Å²) in [6, 6.07) is 47.6. The molecule has 0 unspecified atom stereocenters. The topological polar surface area (TPSA) is 51.8 Å². The number of rotatable bonds is 4. The van der Waals surface area contributed by atoms with Gasteiger partial charge in [-0.15, -0.1) is 0 Å². The molecule has 0 aliphatic carbocycles. The van der Waals surface area contributed by atoms with Gasteiger partial charge in [-0.3, -0.25) is 0 Å². The van der Waals surface area contributed by atoms with Crippen LogP contribution in [0.1, 0.15) is 0 Å². The maximum atomic E-state index is 5.94. The SMILES string of the molecule is c1ccc2cc(-c3nc4ccccc4nc3-c3ccc(-c4ccc(-c5nc6ccccc6o5)cc4)cc3)ccc2c1. The molecule has 0 radical (unpaired) electrons. The molecular weight excluding hydrogens is 502 g/mol. The third-order valence-electron chi connectivity index (χ3n) is 7.51. The molecule has 2 heterocycles. The van der Waals surface area contributed by atoms with Crippen molar-refractivity contribution in [2.24, 2.45) is 0 Å². The van der Waals surface area contributed by atoms with Crippen molar-refractivity contribution < 1.29 is 4.42 Å². The highest BCUT2D eigenvalue weighted by Gasteiger charge is 2.14. The molecule has 4 nitrogen and oxygen atoms in total. The van der Waals surface area contributed by atoms with E-state index < -0.39 is 0 Å². The average molecular weight is 526 g/mol. The molecule has 192 valence electrons. The van der Waals surface area contributed by atoms with Crippen LogP contribution in [0.3, 0.4) is 0 Å². The summed E-state index contributed by atoms with van der Waals surface area (Å²) >= 11 is 0. The standard InChI is InChI=1S/C37H23N3O/c1-2-8-29-23-30(22-17-24(29)7-1)36-35(38-31-9-3-4-10-32(31)39-36)27-18-13-25(14-19-27)26-15-20-28(21-16-26)37-40-33-11-5-6-12-34(33)41-37/h1-23H. The minimum atomic E-state index is 0.629. The summed E-state index contributed by atoms with van der Waals surface area (Å²) < 4.78 is 5.94. The number of hydrogen-bond donors (Lipinski definition) is 0. The third kappa shape index (κ3) is 4.23. The molecule has 8 aromatic rings. The zero-order chi connectivity index (χ0) is 27.2. The molecule has 0 fully saturated rings. The second-order valence-corrected chi connectivity index (χ2v) is 10.1. The first kappa shape index (κ1) is 23.3. The second kappa shape index (κ2) is 9.54. The summed E-state index contributed by atoms with van der Waals surface area (Å²) in [6.07, 6.45) is 0. The molecule has 0 atom stereocenters. The summed E-state index contributed by atoms with van der Waals surface area (Å²) in [7, 11) is 0. The van der Waals surface area contributed by atoms with E-state index >= 15 is 0 Å². The van der Waals surface area contributed by atoms with Crippen LogP contribution in [0.15, 0.2) is 144 Å². The molecule has 0 saturated carbocycles. The van der Waals surface area contributed by atoms with Crippen LogP contribution in [0.25, 0.3) is 78.0 Å². The van der Waals surface area contributed by atoms with Crippen molar-refractivity contribution >= 4 is 32.9 Å². The molecule has 0 amide bonds. The van der Waals surface area contributed by atoms with Gasteiger partial charge < -0.3 is 4.42 Å². The van der Waals surface area contributed by atoms with Gasteiger partial charge in [0.1, 0.15) is 5.52 Å². The number of nitrogens with zero attached hydrogens (tertiary/aromatic N) is 3. The van der Waals surface area contributed by atoms with E-state index in [1.54, 1.807) is 0 Å². The molecule has 41 heavy (non-hydrogen) atoms. The van der Waals surface area contributed by atoms with Crippen molar-refractivity contribution in [2.75, 3.05) is 0 Å². The predicted octanol–water partition coefficient (Wildman–Crippen LogP) is 9.59. The van der Waals surface area contributed by atoms with E-state index in [1.165, 1.54) is 10.8 Å². The smallest absolute Gasteiger partial charge is 0.227 e. The van der Waals surface area contributed by atoms with Crippen molar-refractivity contribution in [2.45, 2.75) is 0 Å². The Morgan fingerprint density at radius 3 is 1.56 bits per heavy atom. The van der Waals surface area contributed by atoms with E-state index in [0.29, 0.717) is 5.89 Å². The molecular formula is C37H23N3O. The highest BCUT2D eigenvalue weighted by atomic mass is 16.3. The zero-order valence-corrected chi connectivity index (χ0v) is 22.0. The molecule has 2 aromatic heterocycles. The quantitative estimate of drug-likeness (QED) is 0.230. The lowest BCUT2D eigenvalue weighted by molar-refractivity contribution is 0.620. The van der Waals surface area contributed by atoms with E-state index in [2.05, 4.69) is 96.0 Å². The number of benzene rings is 6. The van der Waals surface area contributed by atoms with E-state index in [-0.39, 0.29) is 0 Å². The van der Waals surface area contributed by atoms with Gasteiger partial charge in [0.15, 0.2) is 5.58 Å². The van der Waals surface area contributed by atoms with Crippen LogP contribution in [0.5, 0.6) is 0 Å². The molecule has 4 heteroatoms. The maximum absolute atomic E-state index is 5.94. The van der Waals surface area contributed by atoms with Crippen LogP contribution in [-0.2, 0) is 0 Å². The van der Waals surface area contributed by atoms with Crippen LogP contribution in [0, 0.1) is 0 Å². The second-order valence-electron chi connectivity index (χ2n) is 10.1. The largest absolute Gasteiger partial charge is 0.436 e. The highest BCUT2D eigenvalue weighted by molar-refractivity contribution is 5.92. The Morgan fingerprint density at radius 1 is 0.366 bits per heavy atom. The van der Waals surface area contributed by atoms with E-state index in [9.17, 15) is 0 Å². The van der Waals surface area contributed by atoms with E-state index in [1.807, 2.05) is 48.5 Å². The van der Waals surface area contributed by atoms with Crippen molar-refractivity contribution in [3.8, 4) is 45.1 Å². The van der Waals surface area contributed by atoms with Gasteiger partial charge >= 0.3 is 0 Å². The van der Waals surface area contributed by atoms with E-state index in [0.717, 1.165) is 61.3 Å². The number of oxazole rings is 1. The van der Waals surface area contributed by atoms with Crippen LogP contribution >= 0.6 is 0 Å². The predicted molar refractivity (Wildman–Crippen MR) is 166 cm³/mol. The van der Waals surface area contributed by atoms with Crippen molar-refractivity contribution in [3.63, 3.8) is 0 Å². The lowest BCUT2D eigenvalue weighted by atomic mass is 9.98. The van der Waals surface area contributed by atoms with Crippen LogP contribution < -0.4 is 0 Å². The Morgan fingerprint density at radius 2 is 0.878 bits per heavy atom. The van der Waals surface area contributed by atoms with Gasteiger partial charge in [-0.05, 0) is 64.4 Å². The number of para-hydroxylation sites is 4. The van der Waals surface area contributed by atoms with Crippen molar-refractivity contribution in [1.29, 1.82) is 0 Å². The normalized spacial score (nSPS) is 11.4. The van der Waals surface area contributed by atoms with Crippen molar-refractivity contribution in [1.82, 2.24) is 15.0 Å². The summed E-state index contributed by atoms with van der Waals surface area (Å²) in [5, 5.41) is 2.39. The Hall–Kier alpha value is -5.61. The van der Waals surface area contributed by atoms with Gasteiger partial charge in [0.2, 0.25) is 5.89 Å². The van der Waals surface area contributed by atoms with Gasteiger partial charge in [-0.25, -0.2) is 15.0 Å². The molecule has 0 saturated heterocycles. The Labute approximate surface area is 236 Å². The lowest BCUT2D eigenvalue weighted by Gasteiger charge is -2.12. The molecule has 6 aromatic carbocycles. The monoisotopic (exact) mass is 525 g/mol. The van der Waals surface area contributed by atoms with Crippen molar-refractivity contribution in [3.05, 3.63) is 140 Å². The summed E-state index contributed by atoms with van der Waals surface area (Å²) in [5.41, 5.74) is 10.4. The fourth-order valence-electron chi connectivity index (χ4n) is 5.36. The van der Waals surface area contributed by atoms with Gasteiger partial charge in [-0.1, -0.05) is 97.1 Å². The molecule has 8 rings (SSSR count). The van der Waals surface area contributed by atoms with E-state index in [4.69, 9.17) is 14.4 Å². The lowest BCUT2D eigenvalue weighted by Crippen LogP contribution is -1.95. The van der Waals surface area contributed by atoms with Crippen LogP contribution in [0.4, 0.5) is 0 Å². The zero-order valence-electron chi connectivity index (χ0n) is 22.0. The summed E-state index contributed by atoms with van der Waals surface area (Å²) in [5.74, 6) is 0.629. The Kier molecular flexibility index (Phi) is 5.42. The number of hydrogen-bond acceptors (Lipinski definition) is 4. The first-order valence-electron chi connectivity index (χ1n) is 13.6. The van der Waals surface area contributed by atoms with Crippen LogP contribution in [0.2, 0.25) is 0 Å². The Balaban J connectivity index is 1.16. The molecule has 0 N–H and O–H groups in total. The molecule has 0 bridgehead atoms. The fourth-order valence-corrected chi connectivity index (χ4v) is 5.36. The minimum absolute atomic E-state index is 0.629. The maximum Gasteiger partial charge on any atom is 0.227 e. The van der Waals surface area contributed by atoms with Gasteiger partial charge in [-0.2, -0.15) is 0 Å². The number of fused-ring (bicyclic) bond motifs is 3. The first-order chi connectivity index (χ1) is 20.3. The molecule has 0 spiro atoms. The van der Waals surface area contributed by atoms with Gasteiger partial charge in [0.25, 0.3) is 0 Å². The number of aromatic nitrogens is 3. The Bertz CT molecular complexity index is 2160. The highest BCUT2D eigenvalue weighted by Crippen LogP contribution is 2.34. The minimum Gasteiger partial charge on any atom is -0.436 e. The summed E-state index contributed by atoms with van der Waals surface area (Å²) in [6.45, 7) is 0. The fraction of sp³-hybridized carbons (Fsp3) is 0. The third-order valence-corrected chi connectivity index (χ3v) is 7.51. The summed E-state index contributed by atoms with van der Waals surface area (Å²) in [4.78, 5) is 14.8. The average Bonchev–Trinajstić information content (AvgIpc) is 3.49. The first-order valence-corrected chi connectivity index (χ1v) is 13.6. The van der Waals surface area contributed by atoms with Gasteiger partial charge in [0, 0.05) is 16.7 Å². The van der Waals surface area contributed by atoms with Crippen LogP contribution in [-0.4, -0.2) is 15.0 Å². The molecule has 0 aliphatic rings. The van der Waals surface area contributed by atoms with Gasteiger partial charge in [0.05, 0.1) is 22.4 Å².